The predicted molar refractivity (Wildman–Crippen MR) is 112 cm³/mol. The molecule has 1 amide bonds. The summed E-state index contributed by atoms with van der Waals surface area (Å²) in [5, 5.41) is 7.75. The van der Waals surface area contributed by atoms with Crippen LogP contribution in [0.4, 0.5) is 5.00 Å². The van der Waals surface area contributed by atoms with Crippen LogP contribution in [0.3, 0.4) is 0 Å². The van der Waals surface area contributed by atoms with Gasteiger partial charge in [-0.25, -0.2) is 0 Å². The number of benzene rings is 2. The molecule has 0 saturated heterocycles. The average Bonchev–Trinajstić information content (AvgIpc) is 3.07. The highest BCUT2D eigenvalue weighted by Gasteiger charge is 2.21. The van der Waals surface area contributed by atoms with Crippen LogP contribution in [-0.4, -0.2) is 5.91 Å². The Bertz CT molecular complexity index is 903. The van der Waals surface area contributed by atoms with E-state index in [2.05, 4.69) is 34.9 Å². The molecule has 1 aromatic heterocycles. The molecule has 2 aromatic carbocycles. The molecule has 2 N–H and O–H groups in total. The molecule has 1 aliphatic rings. The van der Waals surface area contributed by atoms with Crippen LogP contribution in [0.2, 0.25) is 0 Å². The van der Waals surface area contributed by atoms with Crippen molar-refractivity contribution in [1.82, 2.24) is 5.32 Å². The van der Waals surface area contributed by atoms with Gasteiger partial charge in [-0.05, 0) is 48.9 Å². The number of nitrogens with one attached hydrogen (secondary N) is 2. The Morgan fingerprint density at radius 3 is 2.37 bits per heavy atom. The number of carbonyl (C=O) groups excluding carboxylic acids is 1. The van der Waals surface area contributed by atoms with Crippen molar-refractivity contribution >= 4 is 22.2 Å². The molecule has 0 atom stereocenters. The van der Waals surface area contributed by atoms with Crippen LogP contribution < -0.4 is 10.6 Å². The number of amides is 1. The highest BCUT2D eigenvalue weighted by molar-refractivity contribution is 7.16. The third-order valence-corrected chi connectivity index (χ3v) is 6.27. The Kier molecular flexibility index (Phi) is 5.66. The maximum atomic E-state index is 12.6. The van der Waals surface area contributed by atoms with Gasteiger partial charge in [0.2, 0.25) is 0 Å². The SMILES string of the molecule is O=C(Nc1sc2c(c1CNCc1ccccc1)CCCC2)c1ccccc1. The second kappa shape index (κ2) is 8.51. The molecule has 3 nitrogen and oxygen atoms in total. The molecule has 0 spiro atoms. The molecular weight excluding hydrogens is 352 g/mol. The summed E-state index contributed by atoms with van der Waals surface area (Å²) in [5.74, 6) is -0.0292. The van der Waals surface area contributed by atoms with Crippen molar-refractivity contribution in [2.75, 3.05) is 5.32 Å². The molecular formula is C23H24N2OS. The third kappa shape index (κ3) is 4.29. The molecule has 27 heavy (non-hydrogen) atoms. The molecule has 138 valence electrons. The number of aryl methyl sites for hydroxylation is 1. The van der Waals surface area contributed by atoms with E-state index >= 15 is 0 Å². The van der Waals surface area contributed by atoms with Gasteiger partial charge < -0.3 is 10.6 Å². The fraction of sp³-hybridized carbons (Fsp3) is 0.261. The van der Waals surface area contributed by atoms with Gasteiger partial charge in [0.05, 0.1) is 0 Å². The Morgan fingerprint density at radius 1 is 0.889 bits per heavy atom. The van der Waals surface area contributed by atoms with Gasteiger partial charge in [0.15, 0.2) is 0 Å². The number of thiophene rings is 1. The number of anilines is 1. The van der Waals surface area contributed by atoms with Crippen LogP contribution in [0.5, 0.6) is 0 Å². The molecule has 1 heterocycles. The van der Waals surface area contributed by atoms with E-state index in [9.17, 15) is 4.79 Å². The Hall–Kier alpha value is -2.43. The smallest absolute Gasteiger partial charge is 0.256 e. The monoisotopic (exact) mass is 376 g/mol. The number of hydrogen-bond donors (Lipinski definition) is 2. The lowest BCUT2D eigenvalue weighted by molar-refractivity contribution is 0.102. The van der Waals surface area contributed by atoms with Crippen LogP contribution in [0, 0.1) is 0 Å². The standard InChI is InChI=1S/C23H24N2OS/c26-22(18-11-5-2-6-12-18)25-23-20(19-13-7-8-14-21(19)27-23)16-24-15-17-9-3-1-4-10-17/h1-6,9-12,24H,7-8,13-16H2,(H,25,26). The zero-order valence-electron chi connectivity index (χ0n) is 15.3. The molecule has 0 radical (unpaired) electrons. The van der Waals surface area contributed by atoms with Gasteiger partial charge in [0.25, 0.3) is 5.91 Å². The van der Waals surface area contributed by atoms with Crippen molar-refractivity contribution < 1.29 is 4.79 Å². The van der Waals surface area contributed by atoms with E-state index in [-0.39, 0.29) is 5.91 Å². The maximum Gasteiger partial charge on any atom is 0.256 e. The summed E-state index contributed by atoms with van der Waals surface area (Å²) in [6, 6.07) is 19.9. The van der Waals surface area contributed by atoms with Crippen molar-refractivity contribution in [3.8, 4) is 0 Å². The van der Waals surface area contributed by atoms with Crippen LogP contribution in [0.1, 0.15) is 44.8 Å². The minimum absolute atomic E-state index is 0.0292. The quantitative estimate of drug-likeness (QED) is 0.623. The van der Waals surface area contributed by atoms with E-state index in [0.717, 1.165) is 30.9 Å². The Morgan fingerprint density at radius 2 is 1.59 bits per heavy atom. The molecule has 0 unspecified atom stereocenters. The van der Waals surface area contributed by atoms with Gasteiger partial charge in [0, 0.05) is 29.1 Å². The first kappa shape index (κ1) is 18.0. The topological polar surface area (TPSA) is 41.1 Å². The number of rotatable bonds is 6. The first-order chi connectivity index (χ1) is 13.3. The lowest BCUT2D eigenvalue weighted by Gasteiger charge is -2.14. The summed E-state index contributed by atoms with van der Waals surface area (Å²) < 4.78 is 0. The third-order valence-electron chi connectivity index (χ3n) is 5.02. The second-order valence-corrected chi connectivity index (χ2v) is 8.03. The van der Waals surface area contributed by atoms with Gasteiger partial charge in [-0.1, -0.05) is 48.5 Å². The fourth-order valence-corrected chi connectivity index (χ4v) is 4.92. The summed E-state index contributed by atoms with van der Waals surface area (Å²) in [4.78, 5) is 14.1. The lowest BCUT2D eigenvalue weighted by atomic mass is 9.95. The van der Waals surface area contributed by atoms with E-state index in [4.69, 9.17) is 0 Å². The average molecular weight is 377 g/mol. The molecule has 3 aromatic rings. The van der Waals surface area contributed by atoms with E-state index < -0.39 is 0 Å². The minimum Gasteiger partial charge on any atom is -0.313 e. The summed E-state index contributed by atoms with van der Waals surface area (Å²) in [5.41, 5.74) is 4.70. The lowest BCUT2D eigenvalue weighted by Crippen LogP contribution is -2.17. The van der Waals surface area contributed by atoms with Gasteiger partial charge >= 0.3 is 0 Å². The molecule has 0 aliphatic heterocycles. The van der Waals surface area contributed by atoms with E-state index in [1.165, 1.54) is 34.4 Å². The number of carbonyl (C=O) groups is 1. The van der Waals surface area contributed by atoms with Crippen LogP contribution >= 0.6 is 11.3 Å². The summed E-state index contributed by atoms with van der Waals surface area (Å²) in [6.45, 7) is 1.61. The summed E-state index contributed by atoms with van der Waals surface area (Å²) >= 11 is 1.76. The molecule has 0 fully saturated rings. The van der Waals surface area contributed by atoms with Crippen LogP contribution in [-0.2, 0) is 25.9 Å². The number of hydrogen-bond acceptors (Lipinski definition) is 3. The molecule has 4 rings (SSSR count). The molecule has 1 aliphatic carbocycles. The maximum absolute atomic E-state index is 12.6. The first-order valence-corrected chi connectivity index (χ1v) is 10.4. The highest BCUT2D eigenvalue weighted by atomic mass is 32.1. The largest absolute Gasteiger partial charge is 0.313 e. The van der Waals surface area contributed by atoms with E-state index in [1.807, 2.05) is 36.4 Å². The summed E-state index contributed by atoms with van der Waals surface area (Å²) in [6.07, 6.45) is 4.74. The molecule has 0 saturated carbocycles. The minimum atomic E-state index is -0.0292. The molecule has 0 bridgehead atoms. The second-order valence-electron chi connectivity index (χ2n) is 6.93. The first-order valence-electron chi connectivity index (χ1n) is 9.56. The van der Waals surface area contributed by atoms with Crippen molar-refractivity contribution in [2.45, 2.75) is 38.8 Å². The Labute approximate surface area is 164 Å². The van der Waals surface area contributed by atoms with E-state index in [0.29, 0.717) is 5.56 Å². The van der Waals surface area contributed by atoms with Gasteiger partial charge in [-0.2, -0.15) is 0 Å². The van der Waals surface area contributed by atoms with E-state index in [1.54, 1.807) is 11.3 Å². The van der Waals surface area contributed by atoms with Crippen LogP contribution in [0.15, 0.2) is 60.7 Å². The normalized spacial score (nSPS) is 13.2. The van der Waals surface area contributed by atoms with Gasteiger partial charge in [0.1, 0.15) is 5.00 Å². The van der Waals surface area contributed by atoms with Crippen molar-refractivity contribution in [1.29, 1.82) is 0 Å². The van der Waals surface area contributed by atoms with Crippen molar-refractivity contribution in [3.05, 3.63) is 87.8 Å². The zero-order chi connectivity index (χ0) is 18.5. The van der Waals surface area contributed by atoms with Gasteiger partial charge in [-0.15, -0.1) is 11.3 Å². The fourth-order valence-electron chi connectivity index (χ4n) is 3.61. The predicted octanol–water partition coefficient (Wildman–Crippen LogP) is 5.17. The zero-order valence-corrected chi connectivity index (χ0v) is 16.1. The highest BCUT2D eigenvalue weighted by Crippen LogP contribution is 2.38. The van der Waals surface area contributed by atoms with Gasteiger partial charge in [-0.3, -0.25) is 4.79 Å². The number of fused-ring (bicyclic) bond motifs is 1. The van der Waals surface area contributed by atoms with Crippen molar-refractivity contribution in [2.24, 2.45) is 0 Å². The Balaban J connectivity index is 1.52. The van der Waals surface area contributed by atoms with Crippen LogP contribution in [0.25, 0.3) is 0 Å². The summed E-state index contributed by atoms with van der Waals surface area (Å²) in [7, 11) is 0. The van der Waals surface area contributed by atoms with Crippen molar-refractivity contribution in [3.63, 3.8) is 0 Å². The molecule has 4 heteroatoms.